The summed E-state index contributed by atoms with van der Waals surface area (Å²) in [6.07, 6.45) is 3.95. The van der Waals surface area contributed by atoms with Crippen molar-refractivity contribution in [3.05, 3.63) is 66.4 Å². The predicted octanol–water partition coefficient (Wildman–Crippen LogP) is 3.43. The lowest BCUT2D eigenvalue weighted by Crippen LogP contribution is -2.45. The summed E-state index contributed by atoms with van der Waals surface area (Å²) in [6.45, 7) is 3.35. The molecule has 0 saturated carbocycles. The van der Waals surface area contributed by atoms with E-state index in [1.54, 1.807) is 7.11 Å². The number of hydrogen-bond acceptors (Lipinski definition) is 3. The molecule has 0 atom stereocenters. The van der Waals surface area contributed by atoms with Gasteiger partial charge < -0.3 is 14.6 Å². The highest BCUT2D eigenvalue weighted by atomic mass is 16.5. The van der Waals surface area contributed by atoms with Crippen molar-refractivity contribution in [2.24, 2.45) is 0 Å². The second-order valence-corrected chi connectivity index (χ2v) is 7.44. The lowest BCUT2D eigenvalue weighted by atomic mass is 10.0. The van der Waals surface area contributed by atoms with Crippen molar-refractivity contribution in [3.63, 3.8) is 0 Å². The maximum absolute atomic E-state index is 12.6. The zero-order valence-corrected chi connectivity index (χ0v) is 16.3. The topological polar surface area (TPSA) is 46.5 Å². The number of ether oxygens (including phenoxy) is 1. The standard InChI is InChI=1S/C23H27N3O2/c1-28-22-9-5-8-21-20(22)12-15-26(21)17-23(27)24-19-10-13-25(14-11-19)16-18-6-3-2-4-7-18/h2-9,12,15,19H,10-11,13-14,16-17H2,1H3,(H,24,27). The Kier molecular flexibility index (Phi) is 5.63. The normalized spacial score (nSPS) is 15.6. The van der Waals surface area contributed by atoms with Gasteiger partial charge in [0.15, 0.2) is 0 Å². The summed E-state index contributed by atoms with van der Waals surface area (Å²) < 4.78 is 7.39. The minimum absolute atomic E-state index is 0.0711. The van der Waals surface area contributed by atoms with Gasteiger partial charge >= 0.3 is 0 Å². The van der Waals surface area contributed by atoms with Gasteiger partial charge in [0.05, 0.1) is 12.6 Å². The van der Waals surface area contributed by atoms with Gasteiger partial charge in [0, 0.05) is 37.3 Å². The number of hydrogen-bond donors (Lipinski definition) is 1. The number of carbonyl (C=O) groups is 1. The number of aromatic nitrogens is 1. The molecule has 0 aliphatic carbocycles. The summed E-state index contributed by atoms with van der Waals surface area (Å²) in [5.74, 6) is 0.907. The van der Waals surface area contributed by atoms with Crippen LogP contribution in [0.3, 0.4) is 0 Å². The summed E-state index contributed by atoms with van der Waals surface area (Å²) >= 11 is 0. The monoisotopic (exact) mass is 377 g/mol. The Hall–Kier alpha value is -2.79. The molecule has 2 aromatic carbocycles. The molecular formula is C23H27N3O2. The Morgan fingerprint density at radius 3 is 2.61 bits per heavy atom. The van der Waals surface area contributed by atoms with E-state index in [2.05, 4.69) is 40.5 Å². The van der Waals surface area contributed by atoms with Crippen LogP contribution in [0.5, 0.6) is 5.75 Å². The molecule has 0 spiro atoms. The fourth-order valence-corrected chi connectivity index (χ4v) is 4.02. The third kappa shape index (κ3) is 4.20. The molecule has 28 heavy (non-hydrogen) atoms. The highest BCUT2D eigenvalue weighted by Crippen LogP contribution is 2.26. The van der Waals surface area contributed by atoms with Gasteiger partial charge in [-0.3, -0.25) is 9.69 Å². The summed E-state index contributed by atoms with van der Waals surface area (Å²) in [5.41, 5.74) is 2.37. The first-order valence-corrected chi connectivity index (χ1v) is 9.90. The van der Waals surface area contributed by atoms with Crippen LogP contribution < -0.4 is 10.1 Å². The Labute approximate surface area is 165 Å². The van der Waals surface area contributed by atoms with Gasteiger partial charge in [-0.05, 0) is 36.6 Å². The number of carbonyl (C=O) groups excluding carboxylic acids is 1. The molecule has 2 heterocycles. The number of benzene rings is 2. The molecule has 4 rings (SSSR count). The second-order valence-electron chi connectivity index (χ2n) is 7.44. The quantitative estimate of drug-likeness (QED) is 0.716. The summed E-state index contributed by atoms with van der Waals surface area (Å²) in [7, 11) is 1.67. The zero-order valence-electron chi connectivity index (χ0n) is 16.3. The smallest absolute Gasteiger partial charge is 0.240 e. The summed E-state index contributed by atoms with van der Waals surface area (Å²) in [5, 5.41) is 4.25. The van der Waals surface area contributed by atoms with Crippen molar-refractivity contribution < 1.29 is 9.53 Å². The van der Waals surface area contributed by atoms with Crippen molar-refractivity contribution in [1.29, 1.82) is 0 Å². The van der Waals surface area contributed by atoms with Crippen LogP contribution >= 0.6 is 0 Å². The molecule has 1 saturated heterocycles. The number of piperidine rings is 1. The molecular weight excluding hydrogens is 350 g/mol. The minimum Gasteiger partial charge on any atom is -0.496 e. The van der Waals surface area contributed by atoms with Crippen LogP contribution in [0, 0.1) is 0 Å². The lowest BCUT2D eigenvalue weighted by Gasteiger charge is -2.32. The first-order valence-electron chi connectivity index (χ1n) is 9.90. The van der Waals surface area contributed by atoms with Crippen LogP contribution in [0.2, 0.25) is 0 Å². The average Bonchev–Trinajstić information content (AvgIpc) is 3.13. The van der Waals surface area contributed by atoms with Crippen LogP contribution in [0.1, 0.15) is 18.4 Å². The summed E-state index contributed by atoms with van der Waals surface area (Å²) in [4.78, 5) is 15.0. The van der Waals surface area contributed by atoms with E-state index < -0.39 is 0 Å². The van der Waals surface area contributed by atoms with Gasteiger partial charge in [-0.2, -0.15) is 0 Å². The fraction of sp³-hybridized carbons (Fsp3) is 0.348. The molecule has 1 aromatic heterocycles. The number of amides is 1. The summed E-state index contributed by atoms with van der Waals surface area (Å²) in [6, 6.07) is 18.7. The molecule has 5 nitrogen and oxygen atoms in total. The Bertz CT molecular complexity index is 927. The zero-order chi connectivity index (χ0) is 19.3. The molecule has 0 unspecified atom stereocenters. The van der Waals surface area contributed by atoms with Crippen LogP contribution in [-0.2, 0) is 17.9 Å². The van der Waals surface area contributed by atoms with Crippen molar-refractivity contribution in [1.82, 2.24) is 14.8 Å². The van der Waals surface area contributed by atoms with E-state index in [0.717, 1.165) is 49.1 Å². The van der Waals surface area contributed by atoms with Crippen LogP contribution in [0.25, 0.3) is 10.9 Å². The Balaban J connectivity index is 1.29. The van der Waals surface area contributed by atoms with Crippen LogP contribution in [-0.4, -0.2) is 41.6 Å². The second kappa shape index (κ2) is 8.48. The van der Waals surface area contributed by atoms with E-state index in [1.165, 1.54) is 5.56 Å². The van der Waals surface area contributed by atoms with Gasteiger partial charge in [0.25, 0.3) is 0 Å². The van der Waals surface area contributed by atoms with E-state index in [-0.39, 0.29) is 11.9 Å². The molecule has 1 aliphatic heterocycles. The number of rotatable bonds is 6. The molecule has 1 amide bonds. The van der Waals surface area contributed by atoms with Gasteiger partial charge in [-0.25, -0.2) is 0 Å². The number of likely N-dealkylation sites (tertiary alicyclic amines) is 1. The lowest BCUT2D eigenvalue weighted by molar-refractivity contribution is -0.122. The highest BCUT2D eigenvalue weighted by molar-refractivity contribution is 5.88. The fourth-order valence-electron chi connectivity index (χ4n) is 4.02. The van der Waals surface area contributed by atoms with Gasteiger partial charge in [0.1, 0.15) is 12.3 Å². The third-order valence-corrected chi connectivity index (χ3v) is 5.51. The maximum Gasteiger partial charge on any atom is 0.240 e. The van der Waals surface area contributed by atoms with Gasteiger partial charge in [-0.15, -0.1) is 0 Å². The Morgan fingerprint density at radius 2 is 1.86 bits per heavy atom. The highest BCUT2D eigenvalue weighted by Gasteiger charge is 2.21. The van der Waals surface area contributed by atoms with Crippen molar-refractivity contribution in [2.75, 3.05) is 20.2 Å². The number of nitrogens with one attached hydrogen (secondary N) is 1. The van der Waals surface area contributed by atoms with Crippen molar-refractivity contribution in [3.8, 4) is 5.75 Å². The van der Waals surface area contributed by atoms with Gasteiger partial charge in [0.2, 0.25) is 5.91 Å². The SMILES string of the molecule is COc1cccc2c1ccn2CC(=O)NC1CCN(Cc2ccccc2)CC1. The van der Waals surface area contributed by atoms with Crippen molar-refractivity contribution >= 4 is 16.8 Å². The molecule has 0 bridgehead atoms. The van der Waals surface area contributed by atoms with E-state index >= 15 is 0 Å². The van der Waals surface area contributed by atoms with E-state index in [4.69, 9.17) is 4.74 Å². The van der Waals surface area contributed by atoms with E-state index in [0.29, 0.717) is 6.54 Å². The van der Waals surface area contributed by atoms with Crippen molar-refractivity contribution in [2.45, 2.75) is 32.0 Å². The average molecular weight is 377 g/mol. The molecule has 5 heteroatoms. The maximum atomic E-state index is 12.6. The molecule has 3 aromatic rings. The molecule has 1 fully saturated rings. The predicted molar refractivity (Wildman–Crippen MR) is 111 cm³/mol. The van der Waals surface area contributed by atoms with E-state index in [1.807, 2.05) is 35.0 Å². The Morgan fingerprint density at radius 1 is 1.07 bits per heavy atom. The van der Waals surface area contributed by atoms with Crippen LogP contribution in [0.4, 0.5) is 0 Å². The van der Waals surface area contributed by atoms with Crippen LogP contribution in [0.15, 0.2) is 60.8 Å². The molecule has 0 radical (unpaired) electrons. The first kappa shape index (κ1) is 18.6. The van der Waals surface area contributed by atoms with E-state index in [9.17, 15) is 4.79 Å². The molecule has 1 N–H and O–H groups in total. The third-order valence-electron chi connectivity index (χ3n) is 5.51. The molecule has 146 valence electrons. The number of nitrogens with zero attached hydrogens (tertiary/aromatic N) is 2. The first-order chi connectivity index (χ1) is 13.7. The largest absolute Gasteiger partial charge is 0.496 e. The van der Waals surface area contributed by atoms with Gasteiger partial charge in [-0.1, -0.05) is 36.4 Å². The number of methoxy groups -OCH3 is 1. The minimum atomic E-state index is 0.0711. The molecule has 1 aliphatic rings. The number of fused-ring (bicyclic) bond motifs is 1.